The van der Waals surface area contributed by atoms with Crippen molar-refractivity contribution in [2.75, 3.05) is 5.43 Å². The third-order valence-electron chi connectivity index (χ3n) is 3.52. The molecule has 0 spiro atoms. The number of nitrogens with one attached hydrogen (secondary N) is 1. The molecule has 0 aliphatic heterocycles. The van der Waals surface area contributed by atoms with Crippen LogP contribution in [0.1, 0.15) is 5.76 Å². The summed E-state index contributed by atoms with van der Waals surface area (Å²) in [5.74, 6) is 0.491. The van der Waals surface area contributed by atoms with Gasteiger partial charge in [-0.2, -0.15) is 5.10 Å². The number of non-ortho nitro benzene ring substituents is 1. The van der Waals surface area contributed by atoms with Crippen LogP contribution in [0, 0.1) is 26.0 Å². The first kappa shape index (κ1) is 17.7. The van der Waals surface area contributed by atoms with Gasteiger partial charge in [-0.1, -0.05) is 0 Å². The van der Waals surface area contributed by atoms with E-state index in [0.29, 0.717) is 17.1 Å². The molecule has 0 radical (unpaired) electrons. The molecule has 0 unspecified atom stereocenters. The minimum absolute atomic E-state index is 0.00726. The van der Waals surface area contributed by atoms with Crippen LogP contribution in [0.3, 0.4) is 0 Å². The first-order valence-corrected chi connectivity index (χ1v) is 7.52. The van der Waals surface area contributed by atoms with Gasteiger partial charge < -0.3 is 4.42 Å². The molecular weight excluding hydrogens is 359 g/mol. The Morgan fingerprint density at radius 3 is 2.41 bits per heavy atom. The fourth-order valence-corrected chi connectivity index (χ4v) is 2.24. The molecule has 10 heteroatoms. The van der Waals surface area contributed by atoms with Crippen molar-refractivity contribution in [3.8, 4) is 11.3 Å². The Hall–Kier alpha value is -4.08. The van der Waals surface area contributed by atoms with Crippen molar-refractivity contribution in [3.05, 3.63) is 86.4 Å². The molecule has 0 aliphatic carbocycles. The molecule has 2 aromatic carbocycles. The molecule has 1 N–H and O–H groups in total. The lowest BCUT2D eigenvalue weighted by atomic mass is 10.2. The maximum Gasteiger partial charge on any atom is 0.301 e. The number of anilines is 1. The van der Waals surface area contributed by atoms with E-state index in [2.05, 4.69) is 10.5 Å². The SMILES string of the molecule is O=[N+]([O-])c1ccc(N/N=C/c2ccc(-c3ccc(F)cc3)o2)c([N+](=O)[O-])c1. The molecule has 0 aliphatic rings. The van der Waals surface area contributed by atoms with Crippen molar-refractivity contribution >= 4 is 23.3 Å². The molecule has 0 bridgehead atoms. The summed E-state index contributed by atoms with van der Waals surface area (Å²) in [6, 6.07) is 12.2. The second kappa shape index (κ2) is 7.44. The number of hydrogen-bond donors (Lipinski definition) is 1. The van der Waals surface area contributed by atoms with E-state index >= 15 is 0 Å². The molecule has 1 heterocycles. The highest BCUT2D eigenvalue weighted by atomic mass is 19.1. The van der Waals surface area contributed by atoms with E-state index < -0.39 is 21.2 Å². The summed E-state index contributed by atoms with van der Waals surface area (Å²) >= 11 is 0. The van der Waals surface area contributed by atoms with Crippen molar-refractivity contribution < 1.29 is 18.7 Å². The summed E-state index contributed by atoms with van der Waals surface area (Å²) in [4.78, 5) is 20.3. The first-order chi connectivity index (χ1) is 12.9. The predicted octanol–water partition coefficient (Wildman–Crippen LogP) is 4.35. The zero-order valence-electron chi connectivity index (χ0n) is 13.5. The Morgan fingerprint density at radius 1 is 1.00 bits per heavy atom. The van der Waals surface area contributed by atoms with Crippen molar-refractivity contribution in [2.24, 2.45) is 5.10 Å². The number of furan rings is 1. The van der Waals surface area contributed by atoms with Gasteiger partial charge >= 0.3 is 5.69 Å². The smallest absolute Gasteiger partial charge is 0.301 e. The Balaban J connectivity index is 1.75. The van der Waals surface area contributed by atoms with Gasteiger partial charge in [-0.3, -0.25) is 25.7 Å². The highest BCUT2D eigenvalue weighted by Gasteiger charge is 2.19. The quantitative estimate of drug-likeness (QED) is 0.391. The van der Waals surface area contributed by atoms with Gasteiger partial charge in [0, 0.05) is 11.6 Å². The van der Waals surface area contributed by atoms with Crippen LogP contribution in [0.25, 0.3) is 11.3 Å². The molecule has 0 atom stereocenters. The van der Waals surface area contributed by atoms with E-state index in [1.165, 1.54) is 24.4 Å². The zero-order valence-corrected chi connectivity index (χ0v) is 13.5. The third-order valence-corrected chi connectivity index (χ3v) is 3.52. The summed E-state index contributed by atoms with van der Waals surface area (Å²) in [6.45, 7) is 0. The second-order valence-corrected chi connectivity index (χ2v) is 5.29. The average Bonchev–Trinajstić information content (AvgIpc) is 3.11. The molecule has 3 aromatic rings. The minimum atomic E-state index is -0.746. The normalized spacial score (nSPS) is 10.9. The van der Waals surface area contributed by atoms with E-state index in [-0.39, 0.29) is 11.5 Å². The second-order valence-electron chi connectivity index (χ2n) is 5.29. The van der Waals surface area contributed by atoms with Crippen molar-refractivity contribution in [1.29, 1.82) is 0 Å². The Kier molecular flexibility index (Phi) is 4.88. The van der Waals surface area contributed by atoms with Crippen molar-refractivity contribution in [2.45, 2.75) is 0 Å². The molecule has 0 saturated heterocycles. The summed E-state index contributed by atoms with van der Waals surface area (Å²) in [6.07, 6.45) is 1.29. The molecule has 0 fully saturated rings. The largest absolute Gasteiger partial charge is 0.455 e. The number of nitro groups is 2. The first-order valence-electron chi connectivity index (χ1n) is 7.52. The van der Waals surface area contributed by atoms with Crippen LogP contribution in [0.2, 0.25) is 0 Å². The molecular formula is C17H11FN4O5. The maximum absolute atomic E-state index is 12.9. The molecule has 3 rings (SSSR count). The van der Waals surface area contributed by atoms with Gasteiger partial charge in [0.15, 0.2) is 0 Å². The van der Waals surface area contributed by atoms with Gasteiger partial charge in [0.2, 0.25) is 0 Å². The Bertz CT molecular complexity index is 1030. The van der Waals surface area contributed by atoms with E-state index in [0.717, 1.165) is 12.1 Å². The number of nitrogens with zero attached hydrogens (tertiary/aromatic N) is 3. The number of hydrogen-bond acceptors (Lipinski definition) is 7. The lowest BCUT2D eigenvalue weighted by Crippen LogP contribution is -1.98. The molecule has 9 nitrogen and oxygen atoms in total. The highest BCUT2D eigenvalue weighted by Crippen LogP contribution is 2.29. The molecule has 1 aromatic heterocycles. The van der Waals surface area contributed by atoms with Gasteiger partial charge in [-0.15, -0.1) is 0 Å². The van der Waals surface area contributed by atoms with Crippen LogP contribution < -0.4 is 5.43 Å². The van der Waals surface area contributed by atoms with Gasteiger partial charge in [-0.25, -0.2) is 4.39 Å². The van der Waals surface area contributed by atoms with E-state index in [9.17, 15) is 24.6 Å². The van der Waals surface area contributed by atoms with Gasteiger partial charge in [0.05, 0.1) is 22.1 Å². The fraction of sp³-hybridized carbons (Fsp3) is 0. The van der Waals surface area contributed by atoms with Crippen LogP contribution in [-0.2, 0) is 0 Å². The van der Waals surface area contributed by atoms with Gasteiger partial charge in [-0.05, 0) is 42.5 Å². The van der Waals surface area contributed by atoms with E-state index in [1.807, 2.05) is 0 Å². The van der Waals surface area contributed by atoms with E-state index in [4.69, 9.17) is 4.42 Å². The van der Waals surface area contributed by atoms with Crippen LogP contribution in [0.5, 0.6) is 0 Å². The number of hydrazone groups is 1. The highest BCUT2D eigenvalue weighted by molar-refractivity contribution is 5.78. The van der Waals surface area contributed by atoms with Gasteiger partial charge in [0.1, 0.15) is 23.0 Å². The molecule has 0 saturated carbocycles. The van der Waals surface area contributed by atoms with Crippen LogP contribution >= 0.6 is 0 Å². The topological polar surface area (TPSA) is 124 Å². The number of halogens is 1. The van der Waals surface area contributed by atoms with E-state index in [1.54, 1.807) is 24.3 Å². The van der Waals surface area contributed by atoms with Crippen molar-refractivity contribution in [1.82, 2.24) is 0 Å². The molecule has 0 amide bonds. The maximum atomic E-state index is 12.9. The number of nitro benzene ring substituents is 2. The average molecular weight is 370 g/mol. The minimum Gasteiger partial charge on any atom is -0.455 e. The monoisotopic (exact) mass is 370 g/mol. The van der Waals surface area contributed by atoms with Crippen molar-refractivity contribution in [3.63, 3.8) is 0 Å². The van der Waals surface area contributed by atoms with Crippen LogP contribution in [0.4, 0.5) is 21.5 Å². The Morgan fingerprint density at radius 2 is 1.74 bits per heavy atom. The predicted molar refractivity (Wildman–Crippen MR) is 95.1 cm³/mol. The zero-order chi connectivity index (χ0) is 19.4. The third kappa shape index (κ3) is 4.12. The lowest BCUT2D eigenvalue weighted by molar-refractivity contribution is -0.393. The lowest BCUT2D eigenvalue weighted by Gasteiger charge is -2.01. The van der Waals surface area contributed by atoms with Crippen LogP contribution in [0.15, 0.2) is 64.1 Å². The Labute approximate surface area is 151 Å². The van der Waals surface area contributed by atoms with Crippen LogP contribution in [-0.4, -0.2) is 16.1 Å². The molecule has 27 heavy (non-hydrogen) atoms. The fourth-order valence-electron chi connectivity index (χ4n) is 2.24. The summed E-state index contributed by atoms with van der Waals surface area (Å²) in [7, 11) is 0. The summed E-state index contributed by atoms with van der Waals surface area (Å²) < 4.78 is 18.5. The van der Waals surface area contributed by atoms with Gasteiger partial charge in [0.25, 0.3) is 5.69 Å². The summed E-state index contributed by atoms with van der Waals surface area (Å²) in [5, 5.41) is 25.6. The number of benzene rings is 2. The molecule has 136 valence electrons. The summed E-state index contributed by atoms with van der Waals surface area (Å²) in [5.41, 5.74) is 2.25. The number of rotatable bonds is 6. The standard InChI is InChI=1S/C17H11FN4O5/c18-12-3-1-11(2-4-12)17-8-6-14(27-17)10-19-20-15-7-5-13(21(23)24)9-16(15)22(25)26/h1-10,20H/b19-10+.